The maximum atomic E-state index is 11.8. The zero-order valence-electron chi connectivity index (χ0n) is 8.39. The van der Waals surface area contributed by atoms with Crippen LogP contribution in [-0.4, -0.2) is 18.5 Å². The summed E-state index contributed by atoms with van der Waals surface area (Å²) in [6, 6.07) is 0. The zero-order chi connectivity index (χ0) is 9.35. The van der Waals surface area contributed by atoms with E-state index in [0.29, 0.717) is 5.92 Å². The standard InChI is InChI=1S/C10H18O2/c1-7-5-6-12-8(7)9(11)10(2,3)4/h7-8H,5-6H2,1-4H3. The van der Waals surface area contributed by atoms with Crippen LogP contribution in [-0.2, 0) is 9.53 Å². The first-order valence-electron chi connectivity index (χ1n) is 4.59. The molecule has 12 heavy (non-hydrogen) atoms. The quantitative estimate of drug-likeness (QED) is 0.602. The molecule has 0 spiro atoms. The van der Waals surface area contributed by atoms with Crippen molar-refractivity contribution in [1.82, 2.24) is 0 Å². The Hall–Kier alpha value is -0.370. The largest absolute Gasteiger partial charge is 0.370 e. The minimum absolute atomic E-state index is 0.148. The number of carbonyl (C=O) groups is 1. The highest BCUT2D eigenvalue weighted by Gasteiger charge is 2.36. The van der Waals surface area contributed by atoms with E-state index in [1.165, 1.54) is 0 Å². The molecule has 0 N–H and O–H groups in total. The molecule has 70 valence electrons. The van der Waals surface area contributed by atoms with Gasteiger partial charge in [-0.2, -0.15) is 0 Å². The van der Waals surface area contributed by atoms with Gasteiger partial charge in [0.2, 0.25) is 0 Å². The van der Waals surface area contributed by atoms with Gasteiger partial charge in [0.1, 0.15) is 6.10 Å². The van der Waals surface area contributed by atoms with Gasteiger partial charge in [-0.25, -0.2) is 0 Å². The fourth-order valence-corrected chi connectivity index (χ4v) is 1.46. The lowest BCUT2D eigenvalue weighted by molar-refractivity contribution is -0.137. The van der Waals surface area contributed by atoms with Gasteiger partial charge in [-0.1, -0.05) is 27.7 Å². The van der Waals surface area contributed by atoms with E-state index in [9.17, 15) is 4.79 Å². The second kappa shape index (κ2) is 3.17. The lowest BCUT2D eigenvalue weighted by Gasteiger charge is -2.23. The summed E-state index contributed by atoms with van der Waals surface area (Å²) in [6.45, 7) is 8.67. The van der Waals surface area contributed by atoms with Crippen LogP contribution in [0.2, 0.25) is 0 Å². The Kier molecular flexibility index (Phi) is 2.57. The van der Waals surface area contributed by atoms with Gasteiger partial charge >= 0.3 is 0 Å². The van der Waals surface area contributed by atoms with Crippen molar-refractivity contribution in [2.75, 3.05) is 6.61 Å². The van der Waals surface area contributed by atoms with E-state index in [2.05, 4.69) is 6.92 Å². The number of rotatable bonds is 1. The monoisotopic (exact) mass is 170 g/mol. The summed E-state index contributed by atoms with van der Waals surface area (Å²) in [5.74, 6) is 0.643. The average Bonchev–Trinajstić information content (AvgIpc) is 2.31. The Balaban J connectivity index is 2.64. The van der Waals surface area contributed by atoms with Crippen LogP contribution < -0.4 is 0 Å². The molecule has 0 bridgehead atoms. The summed E-state index contributed by atoms with van der Waals surface area (Å²) in [7, 11) is 0. The summed E-state index contributed by atoms with van der Waals surface area (Å²) >= 11 is 0. The second-order valence-electron chi connectivity index (χ2n) is 4.67. The summed E-state index contributed by atoms with van der Waals surface area (Å²) in [4.78, 5) is 11.8. The molecule has 0 aromatic heterocycles. The Morgan fingerprint density at radius 2 is 2.00 bits per heavy atom. The molecule has 0 radical (unpaired) electrons. The number of ether oxygens (including phenoxy) is 1. The molecule has 0 saturated carbocycles. The SMILES string of the molecule is CC1CCOC1C(=O)C(C)(C)C. The molecular weight excluding hydrogens is 152 g/mol. The predicted molar refractivity (Wildman–Crippen MR) is 48.0 cm³/mol. The Morgan fingerprint density at radius 1 is 1.42 bits per heavy atom. The molecule has 0 aromatic carbocycles. The maximum absolute atomic E-state index is 11.8. The maximum Gasteiger partial charge on any atom is 0.167 e. The lowest BCUT2D eigenvalue weighted by atomic mass is 9.84. The van der Waals surface area contributed by atoms with Crippen LogP contribution in [0.1, 0.15) is 34.1 Å². The molecule has 2 nitrogen and oxygen atoms in total. The number of carbonyl (C=O) groups excluding carboxylic acids is 1. The summed E-state index contributed by atoms with van der Waals surface area (Å²) in [6.07, 6.45) is 0.872. The highest BCUT2D eigenvalue weighted by Crippen LogP contribution is 2.28. The smallest absolute Gasteiger partial charge is 0.167 e. The van der Waals surface area contributed by atoms with Gasteiger partial charge in [0.05, 0.1) is 0 Å². The van der Waals surface area contributed by atoms with Crippen molar-refractivity contribution in [1.29, 1.82) is 0 Å². The van der Waals surface area contributed by atoms with Crippen LogP contribution in [0.25, 0.3) is 0 Å². The number of hydrogen-bond donors (Lipinski definition) is 0. The Labute approximate surface area is 74.3 Å². The Bertz CT molecular complexity index is 179. The third-order valence-corrected chi connectivity index (χ3v) is 2.39. The van der Waals surface area contributed by atoms with Crippen molar-refractivity contribution in [2.45, 2.75) is 40.2 Å². The topological polar surface area (TPSA) is 26.3 Å². The normalized spacial score (nSPS) is 30.7. The van der Waals surface area contributed by atoms with Gasteiger partial charge in [0, 0.05) is 12.0 Å². The van der Waals surface area contributed by atoms with Gasteiger partial charge in [0.15, 0.2) is 5.78 Å². The summed E-state index contributed by atoms with van der Waals surface area (Å²) in [5, 5.41) is 0. The summed E-state index contributed by atoms with van der Waals surface area (Å²) in [5.41, 5.74) is -0.261. The van der Waals surface area contributed by atoms with Gasteiger partial charge < -0.3 is 4.74 Å². The second-order valence-corrected chi connectivity index (χ2v) is 4.67. The van der Waals surface area contributed by atoms with Crippen LogP contribution in [0.3, 0.4) is 0 Å². The van der Waals surface area contributed by atoms with E-state index in [1.807, 2.05) is 20.8 Å². The molecule has 0 aliphatic carbocycles. The van der Waals surface area contributed by atoms with Crippen LogP contribution in [0.15, 0.2) is 0 Å². The molecule has 1 fully saturated rings. The molecule has 1 aliphatic rings. The molecule has 1 rings (SSSR count). The lowest BCUT2D eigenvalue weighted by Crippen LogP contribution is -2.35. The fourth-order valence-electron chi connectivity index (χ4n) is 1.46. The highest BCUT2D eigenvalue weighted by molar-refractivity contribution is 5.88. The first-order valence-corrected chi connectivity index (χ1v) is 4.59. The van der Waals surface area contributed by atoms with Gasteiger partial charge in [0.25, 0.3) is 0 Å². The third-order valence-electron chi connectivity index (χ3n) is 2.39. The van der Waals surface area contributed by atoms with Crippen molar-refractivity contribution in [3.05, 3.63) is 0 Å². The van der Waals surface area contributed by atoms with Gasteiger partial charge in [-0.3, -0.25) is 4.79 Å². The van der Waals surface area contributed by atoms with E-state index >= 15 is 0 Å². The third kappa shape index (κ3) is 1.86. The number of hydrogen-bond acceptors (Lipinski definition) is 2. The molecule has 1 saturated heterocycles. The minimum Gasteiger partial charge on any atom is -0.370 e. The van der Waals surface area contributed by atoms with Crippen molar-refractivity contribution < 1.29 is 9.53 Å². The van der Waals surface area contributed by atoms with Gasteiger partial charge in [-0.15, -0.1) is 0 Å². The van der Waals surface area contributed by atoms with E-state index in [1.54, 1.807) is 0 Å². The fraction of sp³-hybridized carbons (Fsp3) is 0.900. The molecule has 1 aliphatic heterocycles. The van der Waals surface area contributed by atoms with Crippen molar-refractivity contribution >= 4 is 5.78 Å². The molecule has 0 aromatic rings. The van der Waals surface area contributed by atoms with Crippen LogP contribution in [0, 0.1) is 11.3 Å². The number of ketones is 1. The van der Waals surface area contributed by atoms with Crippen molar-refractivity contribution in [2.24, 2.45) is 11.3 Å². The molecule has 1 heterocycles. The van der Waals surface area contributed by atoms with E-state index in [4.69, 9.17) is 4.74 Å². The molecule has 0 amide bonds. The van der Waals surface area contributed by atoms with Crippen molar-refractivity contribution in [3.63, 3.8) is 0 Å². The average molecular weight is 170 g/mol. The first-order chi connectivity index (χ1) is 5.43. The van der Waals surface area contributed by atoms with Crippen LogP contribution in [0.4, 0.5) is 0 Å². The number of Topliss-reactive ketones (excluding diaryl/α,β-unsaturated/α-hetero) is 1. The summed E-state index contributed by atoms with van der Waals surface area (Å²) < 4.78 is 5.40. The van der Waals surface area contributed by atoms with Crippen LogP contribution >= 0.6 is 0 Å². The molecular formula is C10H18O2. The molecule has 2 unspecified atom stereocenters. The first kappa shape index (κ1) is 9.72. The predicted octanol–water partition coefficient (Wildman–Crippen LogP) is 2.03. The van der Waals surface area contributed by atoms with Crippen molar-refractivity contribution in [3.8, 4) is 0 Å². The van der Waals surface area contributed by atoms with Crippen LogP contribution in [0.5, 0.6) is 0 Å². The van der Waals surface area contributed by atoms with E-state index in [0.717, 1.165) is 13.0 Å². The highest BCUT2D eigenvalue weighted by atomic mass is 16.5. The zero-order valence-corrected chi connectivity index (χ0v) is 8.39. The molecule has 2 heteroatoms. The Morgan fingerprint density at radius 3 is 2.33 bits per heavy atom. The van der Waals surface area contributed by atoms with Gasteiger partial charge in [-0.05, 0) is 12.3 Å². The van der Waals surface area contributed by atoms with E-state index in [-0.39, 0.29) is 17.3 Å². The minimum atomic E-state index is -0.261. The molecule has 2 atom stereocenters. The van der Waals surface area contributed by atoms with E-state index < -0.39 is 0 Å².